The molecular formula is C30H54N2O. The van der Waals surface area contributed by atoms with Gasteiger partial charge >= 0.3 is 0 Å². The normalized spacial score (nSPS) is 11.6. The van der Waals surface area contributed by atoms with Gasteiger partial charge in [0.25, 0.3) is 0 Å². The highest BCUT2D eigenvalue weighted by atomic mass is 16.1. The first-order chi connectivity index (χ1) is 15.9. The van der Waals surface area contributed by atoms with Gasteiger partial charge in [-0.3, -0.25) is 4.79 Å². The van der Waals surface area contributed by atoms with Crippen molar-refractivity contribution in [3.8, 4) is 0 Å². The zero-order valence-electron chi connectivity index (χ0n) is 22.2. The molecule has 0 aromatic heterocycles. The maximum absolute atomic E-state index is 12.1. The number of benzene rings is 1. The van der Waals surface area contributed by atoms with Crippen LogP contribution in [0.25, 0.3) is 0 Å². The van der Waals surface area contributed by atoms with E-state index in [2.05, 4.69) is 30.4 Å². The number of aryl methyl sites for hydroxylation is 1. The fraction of sp³-hybridized carbons (Fsp3) is 0.767. The van der Waals surface area contributed by atoms with Gasteiger partial charge in [-0.05, 0) is 44.2 Å². The first-order valence-corrected chi connectivity index (χ1v) is 14.1. The SMILES string of the molecule is CCCCCCCCCCCCCCCCCC(=O)NCCCc1ccccc1C(C)(C)N. The van der Waals surface area contributed by atoms with Gasteiger partial charge in [0.15, 0.2) is 0 Å². The lowest BCUT2D eigenvalue weighted by molar-refractivity contribution is -0.121. The molecule has 0 radical (unpaired) electrons. The van der Waals surface area contributed by atoms with Gasteiger partial charge in [0.05, 0.1) is 0 Å². The summed E-state index contributed by atoms with van der Waals surface area (Å²) in [6.45, 7) is 7.12. The molecule has 3 N–H and O–H groups in total. The Balaban J connectivity index is 1.90. The van der Waals surface area contributed by atoms with Crippen LogP contribution in [0, 0.1) is 0 Å². The Labute approximate surface area is 205 Å². The number of hydrogen-bond donors (Lipinski definition) is 2. The van der Waals surface area contributed by atoms with Crippen LogP contribution >= 0.6 is 0 Å². The van der Waals surface area contributed by atoms with Crippen molar-refractivity contribution >= 4 is 5.91 Å². The molecule has 0 aliphatic heterocycles. The quantitative estimate of drug-likeness (QED) is 0.182. The predicted octanol–water partition coefficient (Wildman–Crippen LogP) is 8.19. The highest BCUT2D eigenvalue weighted by molar-refractivity contribution is 5.75. The molecule has 1 amide bonds. The number of hydrogen-bond acceptors (Lipinski definition) is 2. The molecular weight excluding hydrogens is 404 g/mol. The van der Waals surface area contributed by atoms with Crippen molar-refractivity contribution in [2.75, 3.05) is 6.54 Å². The summed E-state index contributed by atoms with van der Waals surface area (Å²) in [7, 11) is 0. The van der Waals surface area contributed by atoms with Gasteiger partial charge in [0, 0.05) is 18.5 Å². The van der Waals surface area contributed by atoms with Crippen LogP contribution in [0.3, 0.4) is 0 Å². The second-order valence-corrected chi connectivity index (χ2v) is 10.5. The molecule has 0 heterocycles. The zero-order chi connectivity index (χ0) is 24.2. The van der Waals surface area contributed by atoms with Gasteiger partial charge in [-0.15, -0.1) is 0 Å². The highest BCUT2D eigenvalue weighted by Crippen LogP contribution is 2.22. The van der Waals surface area contributed by atoms with E-state index >= 15 is 0 Å². The molecule has 0 unspecified atom stereocenters. The lowest BCUT2D eigenvalue weighted by atomic mass is 9.89. The van der Waals surface area contributed by atoms with E-state index in [0.29, 0.717) is 6.42 Å². The second-order valence-electron chi connectivity index (χ2n) is 10.5. The smallest absolute Gasteiger partial charge is 0.219 e. The van der Waals surface area contributed by atoms with E-state index in [1.165, 1.54) is 101 Å². The Bertz CT molecular complexity index is 606. The number of carbonyl (C=O) groups is 1. The van der Waals surface area contributed by atoms with E-state index in [0.717, 1.165) is 25.8 Å². The topological polar surface area (TPSA) is 55.1 Å². The molecule has 0 atom stereocenters. The van der Waals surface area contributed by atoms with Crippen molar-refractivity contribution in [3.63, 3.8) is 0 Å². The van der Waals surface area contributed by atoms with Gasteiger partial charge < -0.3 is 11.1 Å². The molecule has 0 spiro atoms. The van der Waals surface area contributed by atoms with Crippen LogP contribution in [-0.2, 0) is 16.8 Å². The lowest BCUT2D eigenvalue weighted by Crippen LogP contribution is -2.30. The van der Waals surface area contributed by atoms with Gasteiger partial charge in [-0.25, -0.2) is 0 Å². The summed E-state index contributed by atoms with van der Waals surface area (Å²) in [4.78, 5) is 12.1. The molecule has 3 nitrogen and oxygen atoms in total. The zero-order valence-corrected chi connectivity index (χ0v) is 22.2. The third-order valence-electron chi connectivity index (χ3n) is 6.66. The van der Waals surface area contributed by atoms with Crippen molar-refractivity contribution in [3.05, 3.63) is 35.4 Å². The van der Waals surface area contributed by atoms with E-state index in [1.54, 1.807) is 0 Å². The minimum absolute atomic E-state index is 0.206. The summed E-state index contributed by atoms with van der Waals surface area (Å²) >= 11 is 0. The summed E-state index contributed by atoms with van der Waals surface area (Å²) in [6.07, 6.45) is 22.9. The molecule has 1 rings (SSSR count). The van der Waals surface area contributed by atoms with Crippen molar-refractivity contribution in [2.24, 2.45) is 5.73 Å². The van der Waals surface area contributed by atoms with Gasteiger partial charge in [0.1, 0.15) is 0 Å². The van der Waals surface area contributed by atoms with Gasteiger partial charge in [-0.1, -0.05) is 121 Å². The summed E-state index contributed by atoms with van der Waals surface area (Å²) in [6, 6.07) is 8.39. The first kappa shape index (κ1) is 29.7. The second kappa shape index (κ2) is 19.0. The maximum Gasteiger partial charge on any atom is 0.219 e. The van der Waals surface area contributed by atoms with Crippen LogP contribution in [0.15, 0.2) is 24.3 Å². The predicted molar refractivity (Wildman–Crippen MR) is 145 cm³/mol. The minimum Gasteiger partial charge on any atom is -0.356 e. The number of amides is 1. The monoisotopic (exact) mass is 458 g/mol. The molecule has 0 fully saturated rings. The number of carbonyl (C=O) groups excluding carboxylic acids is 1. The largest absolute Gasteiger partial charge is 0.356 e. The van der Waals surface area contributed by atoms with Crippen LogP contribution in [0.2, 0.25) is 0 Å². The van der Waals surface area contributed by atoms with Crippen molar-refractivity contribution < 1.29 is 4.79 Å². The number of unbranched alkanes of at least 4 members (excludes halogenated alkanes) is 14. The molecule has 0 saturated carbocycles. The van der Waals surface area contributed by atoms with Gasteiger partial charge in [-0.2, -0.15) is 0 Å². The van der Waals surface area contributed by atoms with E-state index in [1.807, 2.05) is 19.9 Å². The lowest BCUT2D eigenvalue weighted by Gasteiger charge is -2.23. The third-order valence-corrected chi connectivity index (χ3v) is 6.66. The van der Waals surface area contributed by atoms with Crippen LogP contribution in [0.4, 0.5) is 0 Å². The summed E-state index contributed by atoms with van der Waals surface area (Å²) in [5, 5.41) is 3.09. The van der Waals surface area contributed by atoms with Crippen molar-refractivity contribution in [1.82, 2.24) is 5.32 Å². The molecule has 1 aromatic rings. The number of nitrogens with two attached hydrogens (primary N) is 1. The van der Waals surface area contributed by atoms with Crippen LogP contribution in [0.5, 0.6) is 0 Å². The highest BCUT2D eigenvalue weighted by Gasteiger charge is 2.17. The molecule has 1 aromatic carbocycles. The molecule has 0 saturated heterocycles. The molecule has 190 valence electrons. The van der Waals surface area contributed by atoms with Crippen molar-refractivity contribution in [1.29, 1.82) is 0 Å². The number of nitrogens with one attached hydrogen (secondary N) is 1. The summed E-state index contributed by atoms with van der Waals surface area (Å²) < 4.78 is 0. The van der Waals surface area contributed by atoms with E-state index in [9.17, 15) is 4.79 Å². The Kier molecular flexibility index (Phi) is 17.1. The van der Waals surface area contributed by atoms with Crippen LogP contribution in [-0.4, -0.2) is 12.5 Å². The Morgan fingerprint density at radius 1 is 0.758 bits per heavy atom. The maximum atomic E-state index is 12.1. The third kappa shape index (κ3) is 16.0. The Hall–Kier alpha value is -1.35. The average Bonchev–Trinajstić information content (AvgIpc) is 2.79. The Morgan fingerprint density at radius 3 is 1.76 bits per heavy atom. The van der Waals surface area contributed by atoms with Gasteiger partial charge in [0.2, 0.25) is 5.91 Å². The molecule has 3 heteroatoms. The molecule has 0 aliphatic rings. The number of rotatable bonds is 21. The standard InChI is InChI=1S/C30H54N2O/c1-4-5-6-7-8-9-10-11-12-13-14-15-16-17-18-25-29(33)32-26-21-23-27-22-19-20-24-28(27)30(2,3)31/h19-20,22,24H,4-18,21,23,25-26,31H2,1-3H3,(H,32,33). The molecule has 0 aliphatic carbocycles. The fourth-order valence-electron chi connectivity index (χ4n) is 4.62. The van der Waals surface area contributed by atoms with Crippen LogP contribution in [0.1, 0.15) is 141 Å². The van der Waals surface area contributed by atoms with Crippen molar-refractivity contribution in [2.45, 2.75) is 142 Å². The van der Waals surface area contributed by atoms with E-state index in [4.69, 9.17) is 5.73 Å². The summed E-state index contributed by atoms with van der Waals surface area (Å²) in [5.41, 5.74) is 8.46. The van der Waals surface area contributed by atoms with Crippen LogP contribution < -0.4 is 11.1 Å². The molecule has 0 bridgehead atoms. The Morgan fingerprint density at radius 2 is 1.24 bits per heavy atom. The molecule has 33 heavy (non-hydrogen) atoms. The first-order valence-electron chi connectivity index (χ1n) is 14.1. The fourth-order valence-corrected chi connectivity index (χ4v) is 4.62. The van der Waals surface area contributed by atoms with E-state index in [-0.39, 0.29) is 11.4 Å². The van der Waals surface area contributed by atoms with E-state index < -0.39 is 0 Å². The average molecular weight is 459 g/mol. The minimum atomic E-state index is -0.326. The summed E-state index contributed by atoms with van der Waals surface area (Å²) in [5.74, 6) is 0.206.